The Morgan fingerprint density at radius 1 is 1.12 bits per heavy atom. The first kappa shape index (κ1) is 26.6. The van der Waals surface area contributed by atoms with Gasteiger partial charge in [-0.25, -0.2) is 0 Å². The zero-order chi connectivity index (χ0) is 21.7. The Bertz CT molecular complexity index is 795. The number of aromatic nitrogens is 3. The van der Waals surface area contributed by atoms with Gasteiger partial charge in [-0.05, 0) is 45.1 Å². The number of guanidine groups is 1. The van der Waals surface area contributed by atoms with Crippen LogP contribution in [0.15, 0.2) is 35.3 Å². The van der Waals surface area contributed by atoms with Crippen LogP contribution in [0.4, 0.5) is 0 Å². The lowest BCUT2D eigenvalue weighted by molar-refractivity contribution is 0.0646. The van der Waals surface area contributed by atoms with Gasteiger partial charge in [0.15, 0.2) is 5.96 Å². The number of halogens is 1. The van der Waals surface area contributed by atoms with Gasteiger partial charge in [0.05, 0.1) is 6.10 Å². The van der Waals surface area contributed by atoms with E-state index in [4.69, 9.17) is 9.73 Å². The van der Waals surface area contributed by atoms with Crippen molar-refractivity contribution in [3.63, 3.8) is 0 Å². The molecule has 0 saturated heterocycles. The summed E-state index contributed by atoms with van der Waals surface area (Å²) in [6, 6.07) is 10.3. The Balaban J connectivity index is 0.00000363. The van der Waals surface area contributed by atoms with Gasteiger partial charge in [-0.3, -0.25) is 4.99 Å². The molecule has 0 spiro atoms. The van der Waals surface area contributed by atoms with Crippen LogP contribution in [0.5, 0.6) is 0 Å². The summed E-state index contributed by atoms with van der Waals surface area (Å²) in [5, 5.41) is 15.5. The molecule has 1 aliphatic rings. The normalized spacial score (nSPS) is 14.8. The first-order chi connectivity index (χ1) is 15.3. The van der Waals surface area contributed by atoms with E-state index in [1.54, 1.807) is 0 Å². The Kier molecular flexibility index (Phi) is 12.6. The first-order valence-corrected chi connectivity index (χ1v) is 11.9. The van der Waals surface area contributed by atoms with Crippen molar-refractivity contribution in [1.29, 1.82) is 0 Å². The Labute approximate surface area is 209 Å². The number of benzene rings is 1. The molecular weight excluding hydrogens is 515 g/mol. The van der Waals surface area contributed by atoms with Crippen LogP contribution in [0.1, 0.15) is 69.3 Å². The predicted molar refractivity (Wildman–Crippen MR) is 141 cm³/mol. The van der Waals surface area contributed by atoms with Crippen molar-refractivity contribution in [2.75, 3.05) is 26.2 Å². The smallest absolute Gasteiger partial charge is 0.191 e. The molecule has 1 atom stereocenters. The van der Waals surface area contributed by atoms with Crippen LogP contribution in [0, 0.1) is 0 Å². The van der Waals surface area contributed by atoms with E-state index in [1.165, 1.54) is 24.8 Å². The second kappa shape index (κ2) is 15.2. The molecule has 1 aromatic carbocycles. The zero-order valence-corrected chi connectivity index (χ0v) is 21.9. The largest absolute Gasteiger partial charge is 0.374 e. The van der Waals surface area contributed by atoms with Crippen molar-refractivity contribution >= 4 is 29.9 Å². The van der Waals surface area contributed by atoms with E-state index in [2.05, 4.69) is 63.5 Å². The zero-order valence-electron chi connectivity index (χ0n) is 19.6. The van der Waals surface area contributed by atoms with Gasteiger partial charge >= 0.3 is 0 Å². The average Bonchev–Trinajstić information content (AvgIpc) is 3.02. The third-order valence-electron chi connectivity index (χ3n) is 5.61. The van der Waals surface area contributed by atoms with Crippen molar-refractivity contribution in [1.82, 2.24) is 25.4 Å². The summed E-state index contributed by atoms with van der Waals surface area (Å²) in [5.41, 5.74) is 1.22. The summed E-state index contributed by atoms with van der Waals surface area (Å²) in [7, 11) is 0. The molecule has 0 fully saturated rings. The third kappa shape index (κ3) is 8.69. The highest BCUT2D eigenvalue weighted by molar-refractivity contribution is 14.0. The molecule has 2 heterocycles. The second-order valence-electron chi connectivity index (χ2n) is 8.06. The standard InChI is InChI=1S/C24H38N6O.HI/c1-3-25-24(27-17-11-19-31-20(2)21-12-6-4-7-13-21)26-16-10-15-23-29-28-22-14-8-5-9-18-30(22)23;/h4,6-7,12-13,20H,3,5,8-11,14-19H2,1-2H3,(H2,25,26,27);1H. The Morgan fingerprint density at radius 3 is 2.78 bits per heavy atom. The number of aryl methyl sites for hydroxylation is 2. The topological polar surface area (TPSA) is 76.4 Å². The fourth-order valence-corrected chi connectivity index (χ4v) is 3.86. The molecule has 1 unspecified atom stereocenters. The molecule has 1 aromatic heterocycles. The lowest BCUT2D eigenvalue weighted by atomic mass is 10.1. The number of nitrogens with zero attached hydrogens (tertiary/aromatic N) is 4. The van der Waals surface area contributed by atoms with Crippen LogP contribution in [0.2, 0.25) is 0 Å². The number of hydrogen-bond acceptors (Lipinski definition) is 4. The van der Waals surface area contributed by atoms with E-state index in [-0.39, 0.29) is 30.1 Å². The first-order valence-electron chi connectivity index (χ1n) is 11.9. The van der Waals surface area contributed by atoms with Gasteiger partial charge in [-0.2, -0.15) is 0 Å². The molecule has 3 rings (SSSR count). The molecule has 7 nitrogen and oxygen atoms in total. The second-order valence-corrected chi connectivity index (χ2v) is 8.06. The lowest BCUT2D eigenvalue weighted by Crippen LogP contribution is -2.38. The summed E-state index contributed by atoms with van der Waals surface area (Å²) in [6.07, 6.45) is 7.79. The van der Waals surface area contributed by atoms with Crippen LogP contribution in [-0.4, -0.2) is 47.0 Å². The number of rotatable bonds is 11. The van der Waals surface area contributed by atoms with E-state index in [0.717, 1.165) is 76.1 Å². The molecule has 0 bridgehead atoms. The summed E-state index contributed by atoms with van der Waals surface area (Å²) in [4.78, 5) is 4.72. The van der Waals surface area contributed by atoms with E-state index < -0.39 is 0 Å². The minimum absolute atomic E-state index is 0. The number of aliphatic imine (C=N–C) groups is 1. The molecule has 178 valence electrons. The average molecular weight is 555 g/mol. The summed E-state index contributed by atoms with van der Waals surface area (Å²) >= 11 is 0. The molecular formula is C24H39IN6O. The SMILES string of the molecule is CCNC(=NCCCc1nnc2n1CCCCC2)NCCCOC(C)c1ccccc1.I. The van der Waals surface area contributed by atoms with Crippen molar-refractivity contribution in [2.24, 2.45) is 4.99 Å². The summed E-state index contributed by atoms with van der Waals surface area (Å²) in [6.45, 7) is 8.45. The highest BCUT2D eigenvalue weighted by Crippen LogP contribution is 2.16. The van der Waals surface area contributed by atoms with Gasteiger partial charge in [-0.1, -0.05) is 36.8 Å². The molecule has 0 radical (unpaired) electrons. The molecule has 2 N–H and O–H groups in total. The van der Waals surface area contributed by atoms with Crippen LogP contribution in [0.3, 0.4) is 0 Å². The maximum Gasteiger partial charge on any atom is 0.191 e. The van der Waals surface area contributed by atoms with E-state index in [1.807, 2.05) is 6.07 Å². The summed E-state index contributed by atoms with van der Waals surface area (Å²) < 4.78 is 8.28. The molecule has 1 aliphatic heterocycles. The van der Waals surface area contributed by atoms with Gasteiger partial charge in [0, 0.05) is 45.6 Å². The minimum Gasteiger partial charge on any atom is -0.374 e. The highest BCUT2D eigenvalue weighted by atomic mass is 127. The van der Waals surface area contributed by atoms with E-state index in [9.17, 15) is 0 Å². The lowest BCUT2D eigenvalue weighted by Gasteiger charge is -2.14. The molecule has 0 amide bonds. The van der Waals surface area contributed by atoms with Crippen molar-refractivity contribution < 1.29 is 4.74 Å². The van der Waals surface area contributed by atoms with Crippen LogP contribution >= 0.6 is 24.0 Å². The predicted octanol–water partition coefficient (Wildman–Crippen LogP) is 4.28. The van der Waals surface area contributed by atoms with E-state index >= 15 is 0 Å². The van der Waals surface area contributed by atoms with Gasteiger partial charge in [0.2, 0.25) is 0 Å². The minimum atomic E-state index is 0. The molecule has 32 heavy (non-hydrogen) atoms. The fourth-order valence-electron chi connectivity index (χ4n) is 3.86. The molecule has 0 aliphatic carbocycles. The number of hydrogen-bond donors (Lipinski definition) is 2. The quantitative estimate of drug-likeness (QED) is 0.188. The maximum atomic E-state index is 5.95. The highest BCUT2D eigenvalue weighted by Gasteiger charge is 2.14. The Hall–Kier alpha value is -1.68. The van der Waals surface area contributed by atoms with Gasteiger partial charge in [0.1, 0.15) is 11.6 Å². The van der Waals surface area contributed by atoms with Crippen LogP contribution in [-0.2, 0) is 24.1 Å². The fraction of sp³-hybridized carbons (Fsp3) is 0.625. The van der Waals surface area contributed by atoms with E-state index in [0.29, 0.717) is 0 Å². The van der Waals surface area contributed by atoms with Gasteiger partial charge < -0.3 is 19.9 Å². The number of nitrogens with one attached hydrogen (secondary N) is 2. The number of ether oxygens (including phenoxy) is 1. The van der Waals surface area contributed by atoms with Crippen molar-refractivity contribution in [3.8, 4) is 0 Å². The number of fused-ring (bicyclic) bond motifs is 1. The van der Waals surface area contributed by atoms with Crippen LogP contribution < -0.4 is 10.6 Å². The van der Waals surface area contributed by atoms with Gasteiger partial charge in [-0.15, -0.1) is 34.2 Å². The maximum absolute atomic E-state index is 5.95. The Morgan fingerprint density at radius 2 is 1.97 bits per heavy atom. The molecule has 0 saturated carbocycles. The van der Waals surface area contributed by atoms with Crippen molar-refractivity contribution in [3.05, 3.63) is 47.5 Å². The van der Waals surface area contributed by atoms with Crippen LogP contribution in [0.25, 0.3) is 0 Å². The molecule has 2 aromatic rings. The molecule has 8 heteroatoms. The monoisotopic (exact) mass is 554 g/mol. The third-order valence-corrected chi connectivity index (χ3v) is 5.61. The van der Waals surface area contributed by atoms with Gasteiger partial charge in [0.25, 0.3) is 0 Å². The van der Waals surface area contributed by atoms with Crippen molar-refractivity contribution in [2.45, 2.75) is 71.4 Å². The summed E-state index contributed by atoms with van der Waals surface area (Å²) in [5.74, 6) is 3.16.